The normalized spacial score (nSPS) is 15.3. The topological polar surface area (TPSA) is 134 Å². The van der Waals surface area contributed by atoms with Crippen LogP contribution in [0.2, 0.25) is 0 Å². The summed E-state index contributed by atoms with van der Waals surface area (Å²) in [6.45, 7) is 5.53. The number of pyridine rings is 3. The van der Waals surface area contributed by atoms with Gasteiger partial charge in [-0.15, -0.1) is 0 Å². The summed E-state index contributed by atoms with van der Waals surface area (Å²) in [7, 11) is -3.92. The monoisotopic (exact) mass is 504 g/mol. The first-order valence-corrected chi connectivity index (χ1v) is 13.5. The summed E-state index contributed by atoms with van der Waals surface area (Å²) in [5, 5.41) is 9.63. The maximum absolute atomic E-state index is 12.7. The van der Waals surface area contributed by atoms with Crippen LogP contribution in [0.25, 0.3) is 22.0 Å². The molecule has 5 rings (SSSR count). The van der Waals surface area contributed by atoms with Gasteiger partial charge in [-0.3, -0.25) is 9.78 Å². The van der Waals surface area contributed by atoms with E-state index < -0.39 is 10.0 Å². The van der Waals surface area contributed by atoms with Crippen molar-refractivity contribution in [1.29, 1.82) is 0 Å². The van der Waals surface area contributed by atoms with E-state index >= 15 is 0 Å². The number of H-pyrrole nitrogens is 1. The molecule has 4 N–H and O–H groups in total. The fourth-order valence-corrected chi connectivity index (χ4v) is 5.22. The van der Waals surface area contributed by atoms with Gasteiger partial charge in [-0.05, 0) is 79.7 Å². The molecule has 0 amide bonds. The Bertz CT molecular complexity index is 1560. The van der Waals surface area contributed by atoms with Crippen LogP contribution in [0, 0.1) is 0 Å². The van der Waals surface area contributed by atoms with Crippen molar-refractivity contribution < 1.29 is 8.42 Å². The summed E-state index contributed by atoms with van der Waals surface area (Å²) >= 11 is 0. The largest absolute Gasteiger partial charge is 0.340 e. The predicted octanol–water partition coefficient (Wildman–Crippen LogP) is 3.58. The Kier molecular flexibility index (Phi) is 6.57. The van der Waals surface area contributed by atoms with Crippen LogP contribution in [0.15, 0.2) is 70.7 Å². The van der Waals surface area contributed by atoms with Gasteiger partial charge in [0.2, 0.25) is 10.0 Å². The van der Waals surface area contributed by atoms with Crippen LogP contribution in [-0.4, -0.2) is 47.9 Å². The van der Waals surface area contributed by atoms with E-state index in [1.54, 1.807) is 18.3 Å². The molecule has 1 fully saturated rings. The molecular weight excluding hydrogens is 476 g/mol. The second-order valence-electron chi connectivity index (χ2n) is 9.04. The lowest BCUT2D eigenvalue weighted by Gasteiger charge is -2.31. The number of benzene rings is 1. The summed E-state index contributed by atoms with van der Waals surface area (Å²) in [5.74, 6) is 0.917. The third-order valence-corrected chi connectivity index (χ3v) is 7.65. The molecule has 4 heterocycles. The van der Waals surface area contributed by atoms with Gasteiger partial charge >= 0.3 is 0 Å². The minimum atomic E-state index is -3.92. The standard InChI is InChI=1S/C26H28N6O3S/c1-2-32-11-8-18(9-12-32)17-3-5-21(6-4-17)30-25-24-19(7-10-29-26(24)33)14-23(31-25)20-13-22(16-28-15-20)36(27,34)35/h3-7,10,13-16,18H,2,8-9,11-12H2,1H3,(H,29,33)(H,30,31)(H2,27,34,35). The summed E-state index contributed by atoms with van der Waals surface area (Å²) in [6.07, 6.45) is 6.57. The van der Waals surface area contributed by atoms with E-state index in [-0.39, 0.29) is 10.5 Å². The van der Waals surface area contributed by atoms with Crippen molar-refractivity contribution in [3.8, 4) is 11.3 Å². The molecule has 0 spiro atoms. The van der Waals surface area contributed by atoms with Gasteiger partial charge in [0.05, 0.1) is 11.1 Å². The first-order valence-electron chi connectivity index (χ1n) is 11.9. The maximum Gasteiger partial charge on any atom is 0.259 e. The molecule has 3 aromatic heterocycles. The quantitative estimate of drug-likeness (QED) is 0.365. The highest BCUT2D eigenvalue weighted by molar-refractivity contribution is 7.89. The highest BCUT2D eigenvalue weighted by Crippen LogP contribution is 2.31. The summed E-state index contributed by atoms with van der Waals surface area (Å²) in [4.78, 5) is 26.4. The van der Waals surface area contributed by atoms with Crippen molar-refractivity contribution in [3.05, 3.63) is 77.0 Å². The Labute approximate surface area is 209 Å². The summed E-state index contributed by atoms with van der Waals surface area (Å²) in [6, 6.07) is 13.2. The van der Waals surface area contributed by atoms with Gasteiger partial charge in [0.15, 0.2) is 0 Å². The van der Waals surface area contributed by atoms with Gasteiger partial charge in [-0.25, -0.2) is 18.5 Å². The fraction of sp³-hybridized carbons (Fsp3) is 0.269. The summed E-state index contributed by atoms with van der Waals surface area (Å²) < 4.78 is 23.6. The van der Waals surface area contributed by atoms with Gasteiger partial charge < -0.3 is 15.2 Å². The van der Waals surface area contributed by atoms with Crippen LogP contribution in [0.1, 0.15) is 31.2 Å². The third-order valence-electron chi connectivity index (χ3n) is 6.77. The average Bonchev–Trinajstić information content (AvgIpc) is 2.89. The molecule has 4 aromatic rings. The van der Waals surface area contributed by atoms with Gasteiger partial charge in [0, 0.05) is 29.8 Å². The lowest BCUT2D eigenvalue weighted by molar-refractivity contribution is 0.222. The number of nitrogens with one attached hydrogen (secondary N) is 2. The minimum absolute atomic E-state index is 0.109. The van der Waals surface area contributed by atoms with Gasteiger partial charge in [-0.1, -0.05) is 19.1 Å². The number of nitrogens with zero attached hydrogens (tertiary/aromatic N) is 3. The number of rotatable bonds is 6. The number of aromatic amines is 1. The Morgan fingerprint density at radius 2 is 1.86 bits per heavy atom. The van der Waals surface area contributed by atoms with Crippen LogP contribution in [0.3, 0.4) is 0 Å². The number of anilines is 2. The van der Waals surface area contributed by atoms with E-state index in [0.29, 0.717) is 33.8 Å². The van der Waals surface area contributed by atoms with Crippen LogP contribution in [-0.2, 0) is 10.0 Å². The zero-order valence-corrected chi connectivity index (χ0v) is 20.8. The first kappa shape index (κ1) is 24.1. The number of nitrogens with two attached hydrogens (primary N) is 1. The first-order chi connectivity index (χ1) is 17.3. The molecule has 1 aromatic carbocycles. The molecule has 10 heteroatoms. The number of aromatic nitrogens is 3. The van der Waals surface area contributed by atoms with Crippen LogP contribution < -0.4 is 16.0 Å². The lowest BCUT2D eigenvalue weighted by Crippen LogP contribution is -2.32. The lowest BCUT2D eigenvalue weighted by atomic mass is 9.89. The number of fused-ring (bicyclic) bond motifs is 1. The van der Waals surface area contributed by atoms with Crippen LogP contribution in [0.5, 0.6) is 0 Å². The van der Waals surface area contributed by atoms with Crippen molar-refractivity contribution in [2.45, 2.75) is 30.6 Å². The predicted molar refractivity (Wildman–Crippen MR) is 141 cm³/mol. The molecular formula is C26H28N6O3S. The fourth-order valence-electron chi connectivity index (χ4n) is 4.72. The van der Waals surface area contributed by atoms with Crippen molar-refractivity contribution in [2.24, 2.45) is 5.14 Å². The van der Waals surface area contributed by atoms with Gasteiger partial charge in [0.25, 0.3) is 5.56 Å². The number of hydrogen-bond donors (Lipinski definition) is 3. The SMILES string of the molecule is CCN1CCC(c2ccc(Nc3nc(-c4cncc(S(N)(=O)=O)c4)cc4cc[nH]c(=O)c34)cc2)CC1. The molecule has 1 aliphatic rings. The Morgan fingerprint density at radius 3 is 2.56 bits per heavy atom. The van der Waals surface area contributed by atoms with E-state index in [2.05, 4.69) is 44.2 Å². The van der Waals surface area contributed by atoms with E-state index in [0.717, 1.165) is 38.2 Å². The molecule has 0 atom stereocenters. The van der Waals surface area contributed by atoms with E-state index in [1.165, 1.54) is 24.0 Å². The van der Waals surface area contributed by atoms with Crippen molar-refractivity contribution in [1.82, 2.24) is 19.9 Å². The molecule has 0 radical (unpaired) electrons. The molecule has 186 valence electrons. The zero-order valence-electron chi connectivity index (χ0n) is 19.9. The zero-order chi connectivity index (χ0) is 25.3. The maximum atomic E-state index is 12.7. The third kappa shape index (κ3) is 5.01. The molecule has 36 heavy (non-hydrogen) atoms. The van der Waals surface area contributed by atoms with Crippen LogP contribution >= 0.6 is 0 Å². The number of hydrogen-bond acceptors (Lipinski definition) is 7. The molecule has 1 aliphatic heterocycles. The highest BCUT2D eigenvalue weighted by Gasteiger charge is 2.20. The van der Waals surface area contributed by atoms with E-state index in [1.807, 2.05) is 12.1 Å². The number of primary sulfonamides is 1. The minimum Gasteiger partial charge on any atom is -0.340 e. The van der Waals surface area contributed by atoms with Crippen molar-refractivity contribution >= 4 is 32.3 Å². The second-order valence-corrected chi connectivity index (χ2v) is 10.6. The highest BCUT2D eigenvalue weighted by atomic mass is 32.2. The van der Waals surface area contributed by atoms with E-state index in [4.69, 9.17) is 5.14 Å². The van der Waals surface area contributed by atoms with Gasteiger partial charge in [0.1, 0.15) is 10.7 Å². The average molecular weight is 505 g/mol. The number of piperidine rings is 1. The number of likely N-dealkylation sites (tertiary alicyclic amines) is 1. The molecule has 9 nitrogen and oxygen atoms in total. The molecule has 0 saturated carbocycles. The Morgan fingerprint density at radius 1 is 1.11 bits per heavy atom. The van der Waals surface area contributed by atoms with Gasteiger partial charge in [-0.2, -0.15) is 0 Å². The van der Waals surface area contributed by atoms with Crippen LogP contribution in [0.4, 0.5) is 11.5 Å². The molecule has 0 bridgehead atoms. The van der Waals surface area contributed by atoms with E-state index in [9.17, 15) is 13.2 Å². The molecule has 1 saturated heterocycles. The second kappa shape index (κ2) is 9.81. The Hall–Kier alpha value is -3.60. The molecule has 0 aliphatic carbocycles. The Balaban J connectivity index is 1.49. The van der Waals surface area contributed by atoms with Crippen molar-refractivity contribution in [2.75, 3.05) is 25.0 Å². The smallest absolute Gasteiger partial charge is 0.259 e. The number of sulfonamides is 1. The summed E-state index contributed by atoms with van der Waals surface area (Å²) in [5.41, 5.74) is 2.78. The molecule has 0 unspecified atom stereocenters. The van der Waals surface area contributed by atoms with Crippen molar-refractivity contribution in [3.63, 3.8) is 0 Å².